The van der Waals surface area contributed by atoms with Crippen molar-refractivity contribution in [3.63, 3.8) is 0 Å². The Morgan fingerprint density at radius 3 is 2.30 bits per heavy atom. The van der Waals surface area contributed by atoms with Crippen LogP contribution in [0.3, 0.4) is 0 Å². The van der Waals surface area contributed by atoms with Crippen molar-refractivity contribution in [1.82, 2.24) is 4.90 Å². The molecular formula is C12H9F3NO3S-. The van der Waals surface area contributed by atoms with Crippen molar-refractivity contribution in [3.8, 4) is 0 Å². The standard InChI is InChI=1S/C12H10F3NO3S/c1-5(17)16-9(12(18)19)4-20-11(16)10-7(14)2-6(13)3-8(10)15/h2-3,9,11H,4H2,1H3,(H,18,19)/p-1/t9-,11+/m0/s1. The van der Waals surface area contributed by atoms with Crippen LogP contribution >= 0.6 is 11.8 Å². The topological polar surface area (TPSA) is 60.4 Å². The summed E-state index contributed by atoms with van der Waals surface area (Å²) in [6.45, 7) is 1.09. The summed E-state index contributed by atoms with van der Waals surface area (Å²) in [5.74, 6) is -5.62. The Balaban J connectivity index is 2.47. The highest BCUT2D eigenvalue weighted by Gasteiger charge is 2.40. The quantitative estimate of drug-likeness (QED) is 0.811. The van der Waals surface area contributed by atoms with Gasteiger partial charge < -0.3 is 14.8 Å². The molecule has 1 saturated heterocycles. The zero-order valence-corrected chi connectivity index (χ0v) is 11.0. The van der Waals surface area contributed by atoms with Gasteiger partial charge in [-0.15, -0.1) is 11.8 Å². The van der Waals surface area contributed by atoms with Crippen molar-refractivity contribution in [2.24, 2.45) is 0 Å². The molecule has 4 nitrogen and oxygen atoms in total. The lowest BCUT2D eigenvalue weighted by atomic mass is 10.1. The Bertz CT molecular complexity index is 558. The Kier molecular flexibility index (Phi) is 3.94. The van der Waals surface area contributed by atoms with Crippen LogP contribution in [0.1, 0.15) is 17.9 Å². The first-order valence-corrected chi connectivity index (χ1v) is 6.63. The van der Waals surface area contributed by atoms with Crippen molar-refractivity contribution in [2.45, 2.75) is 18.3 Å². The molecule has 1 amide bonds. The van der Waals surface area contributed by atoms with Crippen LogP contribution in [0.2, 0.25) is 0 Å². The van der Waals surface area contributed by atoms with Gasteiger partial charge in [0.15, 0.2) is 0 Å². The van der Waals surface area contributed by atoms with Gasteiger partial charge in [0, 0.05) is 24.8 Å². The summed E-state index contributed by atoms with van der Waals surface area (Å²) in [5, 5.41) is 9.79. The van der Waals surface area contributed by atoms with Crippen LogP contribution < -0.4 is 5.11 Å². The molecule has 0 aromatic heterocycles. The van der Waals surface area contributed by atoms with Crippen LogP contribution in [0.15, 0.2) is 12.1 Å². The van der Waals surface area contributed by atoms with Crippen molar-refractivity contribution in [2.75, 3.05) is 5.75 Å². The molecule has 1 heterocycles. The fourth-order valence-electron chi connectivity index (χ4n) is 2.08. The van der Waals surface area contributed by atoms with Crippen molar-refractivity contribution in [1.29, 1.82) is 0 Å². The van der Waals surface area contributed by atoms with E-state index in [4.69, 9.17) is 0 Å². The van der Waals surface area contributed by atoms with E-state index < -0.39 is 46.3 Å². The van der Waals surface area contributed by atoms with Gasteiger partial charge in [0.2, 0.25) is 5.91 Å². The van der Waals surface area contributed by atoms with Gasteiger partial charge in [-0.3, -0.25) is 4.79 Å². The Morgan fingerprint density at radius 2 is 1.85 bits per heavy atom. The molecule has 0 bridgehead atoms. The first-order chi connectivity index (χ1) is 9.32. The first-order valence-electron chi connectivity index (χ1n) is 5.58. The van der Waals surface area contributed by atoms with E-state index in [1.165, 1.54) is 0 Å². The van der Waals surface area contributed by atoms with E-state index in [0.29, 0.717) is 12.1 Å². The number of halogens is 3. The van der Waals surface area contributed by atoms with Gasteiger partial charge in [0.05, 0.1) is 17.6 Å². The number of benzene rings is 1. The molecule has 1 aromatic carbocycles. The third kappa shape index (κ3) is 2.47. The molecule has 0 radical (unpaired) electrons. The SMILES string of the molecule is CC(=O)N1[C@@H](c2c(F)cc(F)cc2F)SC[C@H]1C(=O)[O-]. The van der Waals surface area contributed by atoms with E-state index >= 15 is 0 Å². The lowest BCUT2D eigenvalue weighted by Gasteiger charge is -2.29. The number of carbonyl (C=O) groups excluding carboxylic acids is 2. The van der Waals surface area contributed by atoms with Gasteiger partial charge in [-0.1, -0.05) is 0 Å². The highest BCUT2D eigenvalue weighted by molar-refractivity contribution is 7.99. The molecule has 0 saturated carbocycles. The molecule has 1 fully saturated rings. The average Bonchev–Trinajstić information content (AvgIpc) is 2.72. The van der Waals surface area contributed by atoms with Gasteiger partial charge in [0.1, 0.15) is 22.8 Å². The second-order valence-corrected chi connectivity index (χ2v) is 5.34. The number of hydrogen-bond donors (Lipinski definition) is 0. The number of thioether (sulfide) groups is 1. The first kappa shape index (κ1) is 14.7. The van der Waals surface area contributed by atoms with E-state index in [1.807, 2.05) is 0 Å². The largest absolute Gasteiger partial charge is 0.548 e. The minimum atomic E-state index is -1.50. The maximum absolute atomic E-state index is 13.7. The van der Waals surface area contributed by atoms with Crippen LogP contribution in [-0.4, -0.2) is 28.6 Å². The number of rotatable bonds is 2. The van der Waals surface area contributed by atoms with Crippen molar-refractivity contribution >= 4 is 23.6 Å². The highest BCUT2D eigenvalue weighted by Crippen LogP contribution is 2.43. The van der Waals surface area contributed by atoms with Crippen molar-refractivity contribution in [3.05, 3.63) is 35.1 Å². The van der Waals surface area contributed by atoms with E-state index in [2.05, 4.69) is 0 Å². The molecule has 2 rings (SSSR count). The number of amides is 1. The van der Waals surface area contributed by atoms with Gasteiger partial charge in [-0.25, -0.2) is 13.2 Å². The number of carbonyl (C=O) groups is 2. The normalized spacial score (nSPS) is 22.1. The smallest absolute Gasteiger partial charge is 0.221 e. The molecule has 2 atom stereocenters. The monoisotopic (exact) mass is 304 g/mol. The van der Waals surface area contributed by atoms with Crippen LogP contribution in [0.4, 0.5) is 13.2 Å². The fourth-order valence-corrected chi connectivity index (χ4v) is 3.59. The second kappa shape index (κ2) is 5.35. The molecular weight excluding hydrogens is 295 g/mol. The number of carboxylic acids is 1. The Hall–Kier alpha value is -1.70. The third-order valence-electron chi connectivity index (χ3n) is 2.93. The number of carboxylic acid groups (broad SMARTS) is 1. The predicted molar refractivity (Wildman–Crippen MR) is 62.8 cm³/mol. The zero-order chi connectivity index (χ0) is 15.0. The summed E-state index contributed by atoms with van der Waals surface area (Å²) in [4.78, 5) is 23.3. The maximum atomic E-state index is 13.7. The average molecular weight is 304 g/mol. The van der Waals surface area contributed by atoms with E-state index in [1.54, 1.807) is 0 Å². The molecule has 0 spiro atoms. The van der Waals surface area contributed by atoms with E-state index in [-0.39, 0.29) is 5.75 Å². The summed E-state index contributed by atoms with van der Waals surface area (Å²) in [7, 11) is 0. The summed E-state index contributed by atoms with van der Waals surface area (Å²) in [6.07, 6.45) is 0. The van der Waals surface area contributed by atoms with Gasteiger partial charge in [-0.05, 0) is 0 Å². The summed E-state index contributed by atoms with van der Waals surface area (Å²) in [5.41, 5.74) is -0.532. The Morgan fingerprint density at radius 1 is 1.30 bits per heavy atom. The summed E-state index contributed by atoms with van der Waals surface area (Å²) >= 11 is 0.884. The minimum absolute atomic E-state index is 0.0527. The second-order valence-electron chi connectivity index (χ2n) is 4.23. The van der Waals surface area contributed by atoms with Crippen molar-refractivity contribution < 1.29 is 27.9 Å². The molecule has 0 N–H and O–H groups in total. The van der Waals surface area contributed by atoms with Gasteiger partial charge >= 0.3 is 0 Å². The van der Waals surface area contributed by atoms with Gasteiger partial charge in [-0.2, -0.15) is 0 Å². The van der Waals surface area contributed by atoms with Crippen LogP contribution in [0.25, 0.3) is 0 Å². The van der Waals surface area contributed by atoms with E-state index in [0.717, 1.165) is 23.6 Å². The molecule has 1 aliphatic heterocycles. The Labute approximate surface area is 116 Å². The molecule has 108 valence electrons. The van der Waals surface area contributed by atoms with Crippen LogP contribution in [0, 0.1) is 17.5 Å². The highest BCUT2D eigenvalue weighted by atomic mass is 32.2. The van der Waals surface area contributed by atoms with E-state index in [9.17, 15) is 27.9 Å². The minimum Gasteiger partial charge on any atom is -0.548 e. The molecule has 0 unspecified atom stereocenters. The molecule has 1 aromatic rings. The third-order valence-corrected chi connectivity index (χ3v) is 4.21. The van der Waals surface area contributed by atoms with Crippen LogP contribution in [0.5, 0.6) is 0 Å². The number of nitrogens with zero attached hydrogens (tertiary/aromatic N) is 1. The molecule has 1 aliphatic rings. The zero-order valence-electron chi connectivity index (χ0n) is 10.2. The molecule has 8 heteroatoms. The lowest BCUT2D eigenvalue weighted by Crippen LogP contribution is -2.48. The molecule has 0 aliphatic carbocycles. The number of hydrogen-bond acceptors (Lipinski definition) is 4. The lowest BCUT2D eigenvalue weighted by molar-refractivity contribution is -0.310. The molecule has 20 heavy (non-hydrogen) atoms. The number of aliphatic carboxylic acids is 1. The fraction of sp³-hybridized carbons (Fsp3) is 0.333. The van der Waals surface area contributed by atoms with Gasteiger partial charge in [0.25, 0.3) is 0 Å². The summed E-state index contributed by atoms with van der Waals surface area (Å²) < 4.78 is 40.4. The van der Waals surface area contributed by atoms with Crippen LogP contribution in [-0.2, 0) is 9.59 Å². The summed E-state index contributed by atoms with van der Waals surface area (Å²) in [6, 6.07) is -0.292. The maximum Gasteiger partial charge on any atom is 0.221 e. The predicted octanol–water partition coefficient (Wildman–Crippen LogP) is 0.816.